The standard InChI is InChI=1S/C16H29N3OS/c1-11(2)17-9-13-14(19(6)7-8-20-13)12-10-21-15(18-12)16(3,4)5/h10-11,13-14,17H,7-9H2,1-6H3. The van der Waals surface area contributed by atoms with E-state index < -0.39 is 0 Å². The number of ether oxygens (including phenoxy) is 1. The van der Waals surface area contributed by atoms with Crippen molar-refractivity contribution in [3.8, 4) is 0 Å². The third-order valence-corrected chi connectivity index (χ3v) is 5.08. The molecular weight excluding hydrogens is 282 g/mol. The van der Waals surface area contributed by atoms with E-state index in [-0.39, 0.29) is 17.6 Å². The van der Waals surface area contributed by atoms with Crippen LogP contribution in [0.5, 0.6) is 0 Å². The molecule has 1 N–H and O–H groups in total. The highest BCUT2D eigenvalue weighted by Crippen LogP contribution is 2.32. The van der Waals surface area contributed by atoms with Gasteiger partial charge in [-0.05, 0) is 7.05 Å². The summed E-state index contributed by atoms with van der Waals surface area (Å²) in [6, 6.07) is 0.722. The van der Waals surface area contributed by atoms with Gasteiger partial charge in [-0.25, -0.2) is 4.98 Å². The molecule has 1 saturated heterocycles. The van der Waals surface area contributed by atoms with Crippen molar-refractivity contribution in [2.75, 3.05) is 26.7 Å². The Morgan fingerprint density at radius 1 is 1.48 bits per heavy atom. The first-order chi connectivity index (χ1) is 9.79. The topological polar surface area (TPSA) is 37.4 Å². The Labute approximate surface area is 132 Å². The molecule has 120 valence electrons. The van der Waals surface area contributed by atoms with Gasteiger partial charge in [0.1, 0.15) is 0 Å². The minimum Gasteiger partial charge on any atom is -0.374 e. The largest absolute Gasteiger partial charge is 0.374 e. The van der Waals surface area contributed by atoms with Crippen LogP contribution >= 0.6 is 11.3 Å². The third-order valence-electron chi connectivity index (χ3n) is 3.80. The van der Waals surface area contributed by atoms with Crippen LogP contribution in [-0.2, 0) is 10.2 Å². The molecule has 0 aliphatic carbocycles. The fourth-order valence-electron chi connectivity index (χ4n) is 2.57. The normalized spacial score (nSPS) is 24.7. The Kier molecular flexibility index (Phi) is 5.41. The summed E-state index contributed by atoms with van der Waals surface area (Å²) in [5, 5.41) is 6.90. The molecule has 21 heavy (non-hydrogen) atoms. The number of thiazole rings is 1. The van der Waals surface area contributed by atoms with Gasteiger partial charge >= 0.3 is 0 Å². The van der Waals surface area contributed by atoms with Gasteiger partial charge < -0.3 is 10.1 Å². The summed E-state index contributed by atoms with van der Waals surface area (Å²) in [7, 11) is 2.17. The Morgan fingerprint density at radius 3 is 2.76 bits per heavy atom. The van der Waals surface area contributed by atoms with Gasteiger partial charge in [-0.3, -0.25) is 4.90 Å². The highest BCUT2D eigenvalue weighted by atomic mass is 32.1. The average molecular weight is 311 g/mol. The molecule has 1 aliphatic rings. The van der Waals surface area contributed by atoms with Crippen LogP contribution in [0.2, 0.25) is 0 Å². The molecule has 1 aliphatic heterocycles. The van der Waals surface area contributed by atoms with Crippen LogP contribution in [0.1, 0.15) is 51.4 Å². The van der Waals surface area contributed by atoms with E-state index in [2.05, 4.69) is 57.3 Å². The molecule has 0 aromatic carbocycles. The summed E-state index contributed by atoms with van der Waals surface area (Å²) in [6.07, 6.45) is 0.168. The van der Waals surface area contributed by atoms with Crippen molar-refractivity contribution in [3.05, 3.63) is 16.1 Å². The lowest BCUT2D eigenvalue weighted by atomic mass is 9.98. The number of morpholine rings is 1. The monoisotopic (exact) mass is 311 g/mol. The van der Waals surface area contributed by atoms with Crippen LogP contribution in [-0.4, -0.2) is 48.8 Å². The molecule has 2 unspecified atom stereocenters. The Morgan fingerprint density at radius 2 is 2.19 bits per heavy atom. The van der Waals surface area contributed by atoms with Crippen LogP contribution in [0.4, 0.5) is 0 Å². The van der Waals surface area contributed by atoms with Crippen LogP contribution in [0.3, 0.4) is 0 Å². The number of hydrogen-bond acceptors (Lipinski definition) is 5. The fraction of sp³-hybridized carbons (Fsp3) is 0.812. The van der Waals surface area contributed by atoms with E-state index in [1.807, 2.05) is 0 Å². The SMILES string of the molecule is CC(C)NCC1OCCN(C)C1c1csc(C(C)(C)C)n1. The van der Waals surface area contributed by atoms with Crippen molar-refractivity contribution in [2.24, 2.45) is 0 Å². The third kappa shape index (κ3) is 4.25. The lowest BCUT2D eigenvalue weighted by Gasteiger charge is -2.38. The number of hydrogen-bond donors (Lipinski definition) is 1. The van der Waals surface area contributed by atoms with Gasteiger partial charge in [0, 0.05) is 29.9 Å². The summed E-state index contributed by atoms with van der Waals surface area (Å²) in [5.74, 6) is 0. The molecule has 4 nitrogen and oxygen atoms in total. The van der Waals surface area contributed by atoms with Crippen molar-refractivity contribution in [1.82, 2.24) is 15.2 Å². The first kappa shape index (κ1) is 16.9. The lowest BCUT2D eigenvalue weighted by molar-refractivity contribution is -0.0632. The van der Waals surface area contributed by atoms with Crippen LogP contribution in [0.25, 0.3) is 0 Å². The van der Waals surface area contributed by atoms with E-state index in [0.29, 0.717) is 6.04 Å². The van der Waals surface area contributed by atoms with E-state index in [9.17, 15) is 0 Å². The fourth-order valence-corrected chi connectivity index (χ4v) is 3.50. The lowest BCUT2D eigenvalue weighted by Crippen LogP contribution is -2.48. The molecule has 1 aromatic heterocycles. The second-order valence-corrected chi connectivity index (χ2v) is 8.08. The Hall–Kier alpha value is -0.490. The van der Waals surface area contributed by atoms with E-state index in [1.54, 1.807) is 11.3 Å². The van der Waals surface area contributed by atoms with Gasteiger partial charge in [0.25, 0.3) is 0 Å². The number of aromatic nitrogens is 1. The Balaban J connectivity index is 2.17. The molecule has 0 radical (unpaired) electrons. The quantitative estimate of drug-likeness (QED) is 0.928. The second-order valence-electron chi connectivity index (χ2n) is 7.23. The van der Waals surface area contributed by atoms with Crippen molar-refractivity contribution in [3.63, 3.8) is 0 Å². The molecule has 1 aromatic rings. The second kappa shape index (κ2) is 6.73. The highest BCUT2D eigenvalue weighted by molar-refractivity contribution is 7.09. The molecule has 0 bridgehead atoms. The molecule has 2 atom stereocenters. The number of likely N-dealkylation sites (N-methyl/N-ethyl adjacent to an activating group) is 1. The number of nitrogens with zero attached hydrogens (tertiary/aromatic N) is 2. The van der Waals surface area contributed by atoms with Gasteiger partial charge in [-0.1, -0.05) is 34.6 Å². The van der Waals surface area contributed by atoms with Crippen molar-refractivity contribution >= 4 is 11.3 Å². The van der Waals surface area contributed by atoms with E-state index in [1.165, 1.54) is 5.01 Å². The van der Waals surface area contributed by atoms with Crippen molar-refractivity contribution in [1.29, 1.82) is 0 Å². The van der Waals surface area contributed by atoms with Gasteiger partial charge in [0.15, 0.2) is 0 Å². The summed E-state index contributed by atoms with van der Waals surface area (Å²) < 4.78 is 6.02. The molecule has 5 heteroatoms. The van der Waals surface area contributed by atoms with E-state index >= 15 is 0 Å². The van der Waals surface area contributed by atoms with Crippen LogP contribution in [0, 0.1) is 0 Å². The highest BCUT2D eigenvalue weighted by Gasteiger charge is 2.34. The molecule has 1 fully saturated rings. The zero-order valence-corrected chi connectivity index (χ0v) is 15.0. The van der Waals surface area contributed by atoms with Crippen molar-refractivity contribution in [2.45, 2.75) is 58.2 Å². The summed E-state index contributed by atoms with van der Waals surface area (Å²) in [4.78, 5) is 7.27. The number of rotatable bonds is 4. The molecule has 0 saturated carbocycles. The van der Waals surface area contributed by atoms with Gasteiger partial charge in [0.05, 0.1) is 29.5 Å². The maximum atomic E-state index is 6.02. The van der Waals surface area contributed by atoms with Crippen molar-refractivity contribution < 1.29 is 4.74 Å². The zero-order chi connectivity index (χ0) is 15.6. The van der Waals surface area contributed by atoms with E-state index in [0.717, 1.165) is 25.4 Å². The van der Waals surface area contributed by atoms with Gasteiger partial charge in [-0.2, -0.15) is 0 Å². The predicted octanol–water partition coefficient (Wildman–Crippen LogP) is 2.81. The summed E-state index contributed by atoms with van der Waals surface area (Å²) in [6.45, 7) is 13.6. The molecule has 0 amide bonds. The van der Waals surface area contributed by atoms with Crippen LogP contribution in [0.15, 0.2) is 5.38 Å². The van der Waals surface area contributed by atoms with E-state index in [4.69, 9.17) is 9.72 Å². The van der Waals surface area contributed by atoms with Gasteiger partial charge in [0.2, 0.25) is 0 Å². The molecular formula is C16H29N3OS. The number of nitrogens with one attached hydrogen (secondary N) is 1. The average Bonchev–Trinajstić information content (AvgIpc) is 2.85. The smallest absolute Gasteiger partial charge is 0.0982 e. The summed E-state index contributed by atoms with van der Waals surface area (Å²) in [5.41, 5.74) is 1.27. The first-order valence-electron chi connectivity index (χ1n) is 7.80. The maximum Gasteiger partial charge on any atom is 0.0982 e. The minimum absolute atomic E-state index is 0.114. The van der Waals surface area contributed by atoms with Gasteiger partial charge in [-0.15, -0.1) is 11.3 Å². The molecule has 2 rings (SSSR count). The molecule has 2 heterocycles. The zero-order valence-electron chi connectivity index (χ0n) is 14.1. The first-order valence-corrected chi connectivity index (χ1v) is 8.68. The summed E-state index contributed by atoms with van der Waals surface area (Å²) >= 11 is 1.76. The predicted molar refractivity (Wildman–Crippen MR) is 89.1 cm³/mol. The Bertz CT molecular complexity index is 453. The maximum absolute atomic E-state index is 6.02. The molecule has 0 spiro atoms. The minimum atomic E-state index is 0.114. The van der Waals surface area contributed by atoms with Crippen LogP contribution < -0.4 is 5.32 Å².